The molecule has 0 N–H and O–H groups in total. The molecule has 1 aliphatic heterocycles. The predicted octanol–water partition coefficient (Wildman–Crippen LogP) is 5.01. The van der Waals surface area contributed by atoms with Crippen molar-refractivity contribution in [1.82, 2.24) is 23.7 Å². The van der Waals surface area contributed by atoms with E-state index in [4.69, 9.17) is 0 Å². The Kier molecular flexibility index (Phi) is 6.10. The molecular weight excluding hydrogens is 450 g/mol. The molecule has 1 fully saturated rings. The van der Waals surface area contributed by atoms with Crippen LogP contribution in [0.1, 0.15) is 30.0 Å². The van der Waals surface area contributed by atoms with Gasteiger partial charge in [0.1, 0.15) is 12.1 Å². The second kappa shape index (κ2) is 9.32. The molecule has 0 spiro atoms. The van der Waals surface area contributed by atoms with E-state index in [1.807, 2.05) is 30.6 Å². The van der Waals surface area contributed by atoms with Crippen LogP contribution in [-0.4, -0.2) is 43.0 Å². The Bertz CT molecular complexity index is 1380. The van der Waals surface area contributed by atoms with E-state index in [1.165, 1.54) is 11.8 Å². The van der Waals surface area contributed by atoms with Crippen molar-refractivity contribution in [3.63, 3.8) is 0 Å². The average Bonchev–Trinajstić information content (AvgIpc) is 3.52. The summed E-state index contributed by atoms with van der Waals surface area (Å²) in [4.78, 5) is 1.73. The van der Waals surface area contributed by atoms with Crippen molar-refractivity contribution >= 4 is 29.2 Å². The maximum atomic E-state index is 9.60. The molecule has 33 heavy (non-hydrogen) atoms. The molecule has 0 bridgehead atoms. The van der Waals surface area contributed by atoms with Gasteiger partial charge in [-0.25, -0.2) is 4.52 Å². The molecule has 164 valence electrons. The molecule has 0 amide bonds. The first-order valence-electron chi connectivity index (χ1n) is 10.6. The number of benzene rings is 1. The molecule has 0 unspecified atom stereocenters. The molecule has 4 aromatic rings. The first-order valence-corrected chi connectivity index (χ1v) is 12.6. The van der Waals surface area contributed by atoms with Gasteiger partial charge in [-0.3, -0.25) is 8.99 Å². The van der Waals surface area contributed by atoms with Crippen LogP contribution < -0.4 is 0 Å². The maximum absolute atomic E-state index is 9.60. The summed E-state index contributed by atoms with van der Waals surface area (Å²) < 4.78 is 6.22. The lowest BCUT2D eigenvalue weighted by Gasteiger charge is -2.30. The maximum Gasteiger partial charge on any atom is 0.103 e. The summed E-state index contributed by atoms with van der Waals surface area (Å²) >= 11 is 3.28. The largest absolute Gasteiger partial charge is 0.269 e. The molecule has 3 aromatic heterocycles. The Labute approximate surface area is 200 Å². The Morgan fingerprint density at radius 2 is 1.73 bits per heavy atom. The van der Waals surface area contributed by atoms with Gasteiger partial charge >= 0.3 is 0 Å². The van der Waals surface area contributed by atoms with Crippen molar-refractivity contribution in [2.45, 2.75) is 28.7 Å². The van der Waals surface area contributed by atoms with Crippen molar-refractivity contribution in [3.8, 4) is 23.3 Å². The highest BCUT2D eigenvalue weighted by atomic mass is 32.2. The molecule has 1 aliphatic rings. The highest BCUT2D eigenvalue weighted by Gasteiger charge is 2.21. The van der Waals surface area contributed by atoms with Gasteiger partial charge < -0.3 is 0 Å². The van der Waals surface area contributed by atoms with Crippen LogP contribution in [-0.2, 0) is 0 Å². The van der Waals surface area contributed by atoms with Crippen LogP contribution in [0.3, 0.4) is 0 Å². The minimum Gasteiger partial charge on any atom is -0.269 e. The van der Waals surface area contributed by atoms with Gasteiger partial charge in [0.2, 0.25) is 0 Å². The topological polar surface area (TPSA) is 85.9 Å². The standard InChI is InChI=1S/C24H21N7S2/c1-32-29-8-6-21(7-9-29)30-16-20(14-27-30)18-10-23(24-19(12-26)13-28-31(24)15-18)33-22-5-3-2-4-17(22)11-25/h2-5,10,13-16,21H,6-9H2,1H3. The fourth-order valence-electron chi connectivity index (χ4n) is 4.14. The lowest BCUT2D eigenvalue weighted by molar-refractivity contribution is 0.276. The number of fused-ring (bicyclic) bond motifs is 1. The molecule has 0 atom stereocenters. The Hall–Kier alpha value is -3.24. The van der Waals surface area contributed by atoms with Crippen LogP contribution in [0.25, 0.3) is 16.6 Å². The summed E-state index contributed by atoms with van der Waals surface area (Å²) in [7, 11) is 0. The summed E-state index contributed by atoms with van der Waals surface area (Å²) in [5, 5.41) is 28.2. The number of aromatic nitrogens is 4. The Morgan fingerprint density at radius 3 is 2.48 bits per heavy atom. The van der Waals surface area contributed by atoms with E-state index in [0.717, 1.165) is 52.4 Å². The lowest BCUT2D eigenvalue weighted by atomic mass is 10.1. The molecule has 0 aliphatic carbocycles. The zero-order valence-corrected chi connectivity index (χ0v) is 19.7. The van der Waals surface area contributed by atoms with E-state index >= 15 is 0 Å². The van der Waals surface area contributed by atoms with Crippen LogP contribution in [0.5, 0.6) is 0 Å². The zero-order valence-electron chi connectivity index (χ0n) is 18.0. The monoisotopic (exact) mass is 471 g/mol. The molecule has 9 heteroatoms. The van der Waals surface area contributed by atoms with Crippen molar-refractivity contribution in [2.75, 3.05) is 19.3 Å². The molecule has 5 rings (SSSR count). The van der Waals surface area contributed by atoms with E-state index in [1.54, 1.807) is 28.7 Å². The van der Waals surface area contributed by atoms with E-state index in [9.17, 15) is 10.5 Å². The van der Waals surface area contributed by atoms with E-state index in [0.29, 0.717) is 17.2 Å². The van der Waals surface area contributed by atoms with Gasteiger partial charge in [-0.1, -0.05) is 35.8 Å². The van der Waals surface area contributed by atoms with Gasteiger partial charge in [-0.15, -0.1) is 0 Å². The zero-order chi connectivity index (χ0) is 22.8. The summed E-state index contributed by atoms with van der Waals surface area (Å²) in [6.07, 6.45) is 11.8. The summed E-state index contributed by atoms with van der Waals surface area (Å²) in [5.41, 5.74) is 3.84. The van der Waals surface area contributed by atoms with Crippen molar-refractivity contribution < 1.29 is 0 Å². The van der Waals surface area contributed by atoms with Gasteiger partial charge in [0.15, 0.2) is 0 Å². The van der Waals surface area contributed by atoms with Crippen molar-refractivity contribution in [1.29, 1.82) is 10.5 Å². The minimum absolute atomic E-state index is 0.400. The third-order valence-corrected chi connectivity index (χ3v) is 7.90. The van der Waals surface area contributed by atoms with Crippen LogP contribution in [0.4, 0.5) is 0 Å². The molecule has 0 radical (unpaired) electrons. The smallest absolute Gasteiger partial charge is 0.103 e. The van der Waals surface area contributed by atoms with Crippen LogP contribution in [0.2, 0.25) is 0 Å². The Balaban J connectivity index is 1.52. The van der Waals surface area contributed by atoms with Gasteiger partial charge in [0.05, 0.1) is 35.1 Å². The van der Waals surface area contributed by atoms with Crippen LogP contribution >= 0.6 is 23.7 Å². The number of piperidine rings is 1. The molecular formula is C24H21N7S2. The Morgan fingerprint density at radius 1 is 0.939 bits per heavy atom. The van der Waals surface area contributed by atoms with Gasteiger partial charge in [-0.2, -0.15) is 20.7 Å². The summed E-state index contributed by atoms with van der Waals surface area (Å²) in [5.74, 6) is 0. The van der Waals surface area contributed by atoms with Crippen LogP contribution in [0, 0.1) is 22.7 Å². The normalized spacial score (nSPS) is 14.9. The minimum atomic E-state index is 0.400. The fourth-order valence-corrected chi connectivity index (χ4v) is 5.81. The molecule has 1 aromatic carbocycles. The van der Waals surface area contributed by atoms with E-state index in [-0.39, 0.29) is 0 Å². The van der Waals surface area contributed by atoms with E-state index in [2.05, 4.69) is 49.8 Å². The molecule has 0 saturated carbocycles. The summed E-state index contributed by atoms with van der Waals surface area (Å²) in [6.45, 7) is 2.13. The number of pyridine rings is 1. The van der Waals surface area contributed by atoms with Crippen LogP contribution in [0.15, 0.2) is 64.9 Å². The quantitative estimate of drug-likeness (QED) is 0.378. The SMILES string of the molecule is CSN1CCC(n2cc(-c3cc(Sc4ccccc4C#N)c4c(C#N)cnn4c3)cn2)CC1. The van der Waals surface area contributed by atoms with Gasteiger partial charge in [0.25, 0.3) is 0 Å². The second-order valence-electron chi connectivity index (χ2n) is 7.82. The number of hydrogen-bond acceptors (Lipinski definition) is 7. The second-order valence-corrected chi connectivity index (χ2v) is 9.78. The molecule has 7 nitrogen and oxygen atoms in total. The molecule has 1 saturated heterocycles. The highest BCUT2D eigenvalue weighted by Crippen LogP contribution is 2.37. The number of hydrogen-bond donors (Lipinski definition) is 0. The van der Waals surface area contributed by atoms with Crippen molar-refractivity contribution in [3.05, 3.63) is 66.2 Å². The average molecular weight is 472 g/mol. The van der Waals surface area contributed by atoms with Crippen molar-refractivity contribution in [2.24, 2.45) is 0 Å². The molecule has 4 heterocycles. The van der Waals surface area contributed by atoms with E-state index < -0.39 is 0 Å². The third-order valence-electron chi connectivity index (χ3n) is 5.92. The number of nitriles is 2. The van der Waals surface area contributed by atoms with Gasteiger partial charge in [0, 0.05) is 46.4 Å². The first kappa shape index (κ1) is 21.6. The fraction of sp³-hybridized carbons (Fsp3) is 0.250. The highest BCUT2D eigenvalue weighted by molar-refractivity contribution is 7.99. The first-order chi connectivity index (χ1) is 16.2. The number of nitrogens with zero attached hydrogens (tertiary/aromatic N) is 7. The number of rotatable bonds is 5. The summed E-state index contributed by atoms with van der Waals surface area (Å²) in [6, 6.07) is 14.4. The predicted molar refractivity (Wildman–Crippen MR) is 130 cm³/mol. The third kappa shape index (κ3) is 4.23. The lowest BCUT2D eigenvalue weighted by Crippen LogP contribution is -2.29. The van der Waals surface area contributed by atoms with Gasteiger partial charge in [-0.05, 0) is 37.3 Å².